The van der Waals surface area contributed by atoms with Crippen LogP contribution in [0.15, 0.2) is 108 Å². The van der Waals surface area contributed by atoms with Gasteiger partial charge in [-0.3, -0.25) is 13.5 Å². The van der Waals surface area contributed by atoms with E-state index in [1.165, 1.54) is 12.3 Å². The number of hydrogen-bond donors (Lipinski definition) is 0. The minimum absolute atomic E-state index is 0.0341. The number of aromatic nitrogens is 2. The van der Waals surface area contributed by atoms with E-state index in [-0.39, 0.29) is 25.8 Å². The first kappa shape index (κ1) is 26.8. The topological polar surface area (TPSA) is 106 Å². The fraction of sp³-hybridized carbons (Fsp3) is 0.241. The Kier molecular flexibility index (Phi) is 7.89. The van der Waals surface area contributed by atoms with Crippen LogP contribution in [0.5, 0.6) is 6.01 Å². The van der Waals surface area contributed by atoms with Gasteiger partial charge in [-0.25, -0.2) is 0 Å². The van der Waals surface area contributed by atoms with Crippen molar-refractivity contribution in [3.8, 4) is 6.01 Å². The highest BCUT2D eigenvalue weighted by Crippen LogP contribution is 2.40. The second-order valence-electron chi connectivity index (χ2n) is 9.06. The minimum Gasteiger partial charge on any atom is -0.460 e. The molecule has 10 heteroatoms. The summed E-state index contributed by atoms with van der Waals surface area (Å²) in [5.74, 6) is 0. The zero-order valence-electron chi connectivity index (χ0n) is 21.3. The summed E-state index contributed by atoms with van der Waals surface area (Å²) in [6.07, 6.45) is 1.02. The number of ether oxygens (including phenoxy) is 3. The van der Waals surface area contributed by atoms with E-state index in [9.17, 15) is 13.2 Å². The third kappa shape index (κ3) is 6.10. The highest BCUT2D eigenvalue weighted by atomic mass is 32.2. The van der Waals surface area contributed by atoms with Crippen LogP contribution in [-0.4, -0.2) is 50.1 Å². The Bertz CT molecular complexity index is 1450. The maximum Gasteiger partial charge on any atom is 0.302 e. The minimum atomic E-state index is -3.76. The molecule has 9 nitrogen and oxygen atoms in total. The third-order valence-corrected chi connectivity index (χ3v) is 6.88. The molecule has 0 saturated carbocycles. The average Bonchev–Trinajstić information content (AvgIpc) is 3.34. The molecule has 39 heavy (non-hydrogen) atoms. The standard InChI is InChI=1S/C29H28N2O7S/c1-39(33,34)37-20-25(38-27-21-35-28-30-26(32)17-18-31(27)28)19-36-29(22-11-5-2-6-12-22,23-13-7-3-8-14-23)24-15-9-4-10-16-24/h2-18,25,27H,19-21H2,1H3/t25-,27-/m1/s1. The Hall–Kier alpha value is -3.83. The fourth-order valence-electron chi connectivity index (χ4n) is 4.59. The maximum atomic E-state index is 11.9. The van der Waals surface area contributed by atoms with Crippen molar-refractivity contribution in [2.75, 3.05) is 26.1 Å². The molecule has 0 bridgehead atoms. The van der Waals surface area contributed by atoms with E-state index in [2.05, 4.69) is 4.98 Å². The van der Waals surface area contributed by atoms with Crippen molar-refractivity contribution in [1.82, 2.24) is 9.55 Å². The number of benzene rings is 3. The first-order valence-electron chi connectivity index (χ1n) is 12.4. The molecule has 1 aromatic heterocycles. The van der Waals surface area contributed by atoms with Crippen molar-refractivity contribution in [2.45, 2.75) is 17.9 Å². The summed E-state index contributed by atoms with van der Waals surface area (Å²) in [5.41, 5.74) is 1.21. The van der Waals surface area contributed by atoms with Crippen LogP contribution in [0.1, 0.15) is 22.9 Å². The van der Waals surface area contributed by atoms with Gasteiger partial charge in [0, 0.05) is 12.3 Å². The molecule has 2 atom stereocenters. The predicted molar refractivity (Wildman–Crippen MR) is 144 cm³/mol. The molecule has 1 aliphatic rings. The van der Waals surface area contributed by atoms with Gasteiger partial charge in [0.25, 0.3) is 15.7 Å². The molecule has 202 valence electrons. The second kappa shape index (κ2) is 11.5. The summed E-state index contributed by atoms with van der Waals surface area (Å²) >= 11 is 0. The van der Waals surface area contributed by atoms with Crippen LogP contribution in [0.3, 0.4) is 0 Å². The van der Waals surface area contributed by atoms with E-state index in [0.29, 0.717) is 0 Å². The van der Waals surface area contributed by atoms with Crippen LogP contribution in [0.2, 0.25) is 0 Å². The van der Waals surface area contributed by atoms with Crippen molar-refractivity contribution in [1.29, 1.82) is 0 Å². The number of hydrogen-bond acceptors (Lipinski definition) is 8. The molecule has 3 aromatic carbocycles. The van der Waals surface area contributed by atoms with E-state index in [1.807, 2.05) is 91.0 Å². The van der Waals surface area contributed by atoms with Gasteiger partial charge in [-0.05, 0) is 16.7 Å². The van der Waals surface area contributed by atoms with Gasteiger partial charge >= 0.3 is 6.01 Å². The van der Waals surface area contributed by atoms with E-state index >= 15 is 0 Å². The van der Waals surface area contributed by atoms with Crippen molar-refractivity contribution in [3.63, 3.8) is 0 Å². The number of nitrogens with zero attached hydrogens (tertiary/aromatic N) is 2. The van der Waals surface area contributed by atoms with E-state index in [0.717, 1.165) is 22.9 Å². The van der Waals surface area contributed by atoms with Gasteiger partial charge < -0.3 is 14.2 Å². The van der Waals surface area contributed by atoms with Gasteiger partial charge in [0.15, 0.2) is 6.23 Å². The summed E-state index contributed by atoms with van der Waals surface area (Å²) in [4.78, 5) is 15.5. The molecular weight excluding hydrogens is 520 g/mol. The Balaban J connectivity index is 1.52. The molecule has 0 N–H and O–H groups in total. The smallest absolute Gasteiger partial charge is 0.302 e. The van der Waals surface area contributed by atoms with Crippen LogP contribution in [0.25, 0.3) is 0 Å². The molecule has 4 aromatic rings. The molecule has 0 spiro atoms. The average molecular weight is 549 g/mol. The number of fused-ring (bicyclic) bond motifs is 1. The Morgan fingerprint density at radius 2 is 1.44 bits per heavy atom. The van der Waals surface area contributed by atoms with Gasteiger partial charge in [0.1, 0.15) is 18.3 Å². The summed E-state index contributed by atoms with van der Waals surface area (Å²) in [5, 5.41) is 0. The predicted octanol–water partition coefficient (Wildman–Crippen LogP) is 3.50. The third-order valence-electron chi connectivity index (χ3n) is 6.31. The summed E-state index contributed by atoms with van der Waals surface area (Å²) in [6, 6.07) is 30.9. The Morgan fingerprint density at radius 1 is 0.897 bits per heavy atom. The normalized spacial score (nSPS) is 15.9. The summed E-state index contributed by atoms with van der Waals surface area (Å²) in [6.45, 7) is -0.229. The number of rotatable bonds is 11. The Labute approximate surface area is 226 Å². The Morgan fingerprint density at radius 3 is 1.95 bits per heavy atom. The van der Waals surface area contributed by atoms with Crippen LogP contribution in [-0.2, 0) is 29.4 Å². The first-order valence-corrected chi connectivity index (χ1v) is 14.2. The van der Waals surface area contributed by atoms with Crippen LogP contribution >= 0.6 is 0 Å². The van der Waals surface area contributed by atoms with Crippen molar-refractivity contribution in [3.05, 3.63) is 130 Å². The highest BCUT2D eigenvalue weighted by molar-refractivity contribution is 7.85. The van der Waals surface area contributed by atoms with Gasteiger partial charge in [-0.15, -0.1) is 0 Å². The molecule has 0 aliphatic carbocycles. The molecule has 0 saturated heterocycles. The molecule has 0 amide bonds. The van der Waals surface area contributed by atoms with Crippen LogP contribution in [0, 0.1) is 0 Å². The highest BCUT2D eigenvalue weighted by Gasteiger charge is 2.39. The van der Waals surface area contributed by atoms with Crippen molar-refractivity contribution in [2.24, 2.45) is 0 Å². The molecule has 0 unspecified atom stereocenters. The quantitative estimate of drug-likeness (QED) is 0.207. The lowest BCUT2D eigenvalue weighted by Crippen LogP contribution is -2.38. The monoisotopic (exact) mass is 548 g/mol. The zero-order valence-corrected chi connectivity index (χ0v) is 22.1. The lowest BCUT2D eigenvalue weighted by molar-refractivity contribution is -0.121. The molecule has 0 radical (unpaired) electrons. The first-order chi connectivity index (χ1) is 18.8. The van der Waals surface area contributed by atoms with E-state index < -0.39 is 33.6 Å². The fourth-order valence-corrected chi connectivity index (χ4v) is 4.99. The lowest BCUT2D eigenvalue weighted by Gasteiger charge is -2.37. The van der Waals surface area contributed by atoms with Crippen molar-refractivity contribution >= 4 is 10.1 Å². The molecule has 2 heterocycles. The molecule has 1 aliphatic heterocycles. The second-order valence-corrected chi connectivity index (χ2v) is 10.7. The molecular formula is C29H28N2O7S. The van der Waals surface area contributed by atoms with Crippen LogP contribution in [0.4, 0.5) is 0 Å². The summed E-state index contributed by atoms with van der Waals surface area (Å²) < 4.78 is 49.1. The molecule has 0 fully saturated rings. The largest absolute Gasteiger partial charge is 0.460 e. The molecule has 5 rings (SSSR count). The van der Waals surface area contributed by atoms with Gasteiger partial charge in [0.2, 0.25) is 0 Å². The SMILES string of the molecule is CS(=O)(=O)OC[C@@H](COC(c1ccccc1)(c1ccccc1)c1ccccc1)O[C@@H]1COc2nc(=O)ccn21. The maximum absolute atomic E-state index is 11.9. The van der Waals surface area contributed by atoms with E-state index in [1.54, 1.807) is 4.57 Å². The van der Waals surface area contributed by atoms with Gasteiger partial charge in [-0.1, -0.05) is 91.0 Å². The van der Waals surface area contributed by atoms with Crippen molar-refractivity contribution < 1.29 is 26.8 Å². The summed E-state index contributed by atoms with van der Waals surface area (Å²) in [7, 11) is -3.76. The van der Waals surface area contributed by atoms with Gasteiger partial charge in [0.05, 0.1) is 19.5 Å². The van der Waals surface area contributed by atoms with Gasteiger partial charge in [-0.2, -0.15) is 13.4 Å². The van der Waals surface area contributed by atoms with Crippen LogP contribution < -0.4 is 10.3 Å². The zero-order chi connectivity index (χ0) is 27.3. The van der Waals surface area contributed by atoms with E-state index in [4.69, 9.17) is 18.4 Å². The lowest BCUT2D eigenvalue weighted by atomic mass is 9.80.